The molecule has 0 spiro atoms. The maximum Gasteiger partial charge on any atom is 2.00 e. The van der Waals surface area contributed by atoms with E-state index in [1.54, 1.807) is 12.1 Å². The first-order valence-electron chi connectivity index (χ1n) is 13.1. The van der Waals surface area contributed by atoms with E-state index >= 15 is 0 Å². The average molecular weight is 690 g/mol. The van der Waals surface area contributed by atoms with Crippen LogP contribution in [0.2, 0.25) is 0 Å². The summed E-state index contributed by atoms with van der Waals surface area (Å²) in [5, 5.41) is 115. The van der Waals surface area contributed by atoms with Crippen LogP contribution in [0, 0.1) is 0 Å². The van der Waals surface area contributed by atoms with Crippen molar-refractivity contribution >= 4 is 35.7 Å². The maximum absolute atomic E-state index is 10.9. The van der Waals surface area contributed by atoms with Gasteiger partial charge in [-0.25, -0.2) is 0 Å². The zero-order chi connectivity index (χ0) is 33.4. The molecule has 0 aliphatic rings. The molecule has 2 aromatic rings. The Morgan fingerprint density at radius 3 is 1.16 bits per heavy atom. The van der Waals surface area contributed by atoms with E-state index in [9.17, 15) is 50.4 Å². The van der Waals surface area contributed by atoms with Crippen LogP contribution in [0.15, 0.2) is 58.5 Å². The smallest absolute Gasteiger partial charge is 0.545 e. The Balaban J connectivity index is 0.000000842. The van der Waals surface area contributed by atoms with E-state index in [0.29, 0.717) is 0 Å². The number of para-hydroxylation sites is 2. The van der Waals surface area contributed by atoms with Crippen molar-refractivity contribution in [3.63, 3.8) is 0 Å². The van der Waals surface area contributed by atoms with Gasteiger partial charge in [0.25, 0.3) is 0 Å². The Hall–Kier alpha value is -3.06. The van der Waals surface area contributed by atoms with E-state index in [0.717, 1.165) is 0 Å². The quantitative estimate of drug-likeness (QED) is 0.0584. The molecule has 0 aliphatic heterocycles. The van der Waals surface area contributed by atoms with Gasteiger partial charge in [0.15, 0.2) is 0 Å². The maximum atomic E-state index is 10.9. The Labute approximate surface area is 270 Å². The summed E-state index contributed by atoms with van der Waals surface area (Å²) in [4.78, 5) is 29.5. The van der Waals surface area contributed by atoms with Crippen LogP contribution >= 0.6 is 0 Å². The number of carboxylic acid groups (broad SMARTS) is 2. The molecule has 0 bridgehead atoms. The Morgan fingerprint density at radius 1 is 0.578 bits per heavy atom. The molecule has 0 unspecified atom stereocenters. The van der Waals surface area contributed by atoms with E-state index < -0.39 is 74.0 Å². The van der Waals surface area contributed by atoms with Gasteiger partial charge in [-0.3, -0.25) is 9.98 Å². The van der Waals surface area contributed by atoms with Crippen molar-refractivity contribution in [1.29, 1.82) is 0 Å². The average Bonchev–Trinajstić information content (AvgIpc) is 3.02. The molecule has 0 aromatic heterocycles. The summed E-state index contributed by atoms with van der Waals surface area (Å²) < 4.78 is 0. The predicted molar refractivity (Wildman–Crippen MR) is 149 cm³/mol. The minimum absolute atomic E-state index is 0. The molecular formula is C28H36N2O14Zn. The van der Waals surface area contributed by atoms with Crippen molar-refractivity contribution in [2.75, 3.05) is 13.2 Å². The molecule has 10 N–H and O–H groups in total. The Bertz CT molecular complexity index is 1140. The van der Waals surface area contributed by atoms with Gasteiger partial charge >= 0.3 is 19.5 Å². The number of benzene rings is 2. The van der Waals surface area contributed by atoms with E-state index in [4.69, 9.17) is 20.4 Å². The minimum Gasteiger partial charge on any atom is -0.545 e. The molecule has 8 atom stereocenters. The van der Waals surface area contributed by atoms with Crippen LogP contribution < -0.4 is 10.2 Å². The van der Waals surface area contributed by atoms with E-state index in [-0.39, 0.29) is 54.8 Å². The van der Waals surface area contributed by atoms with Crippen molar-refractivity contribution in [2.45, 2.75) is 61.7 Å². The molecule has 0 radical (unpaired) electrons. The summed E-state index contributed by atoms with van der Waals surface area (Å²) in [6, 6.07) is 11.7. The van der Waals surface area contributed by atoms with Gasteiger partial charge in [0.05, 0.1) is 48.7 Å². The minimum atomic E-state index is -1.72. The number of carbonyl (C=O) groups excluding carboxylic acids is 2. The summed E-state index contributed by atoms with van der Waals surface area (Å²) in [7, 11) is 0. The number of nitrogens with zero attached hydrogens (tertiary/aromatic N) is 2. The van der Waals surface area contributed by atoms with Gasteiger partial charge in [0, 0.05) is 36.4 Å². The van der Waals surface area contributed by atoms with E-state index in [1.165, 1.54) is 48.8 Å². The molecular weight excluding hydrogens is 654 g/mol. The van der Waals surface area contributed by atoms with Crippen LogP contribution in [0.1, 0.15) is 33.6 Å². The fourth-order valence-corrected chi connectivity index (χ4v) is 3.44. The third kappa shape index (κ3) is 13.9. The molecule has 0 saturated heterocycles. The number of aliphatic hydroxyl groups excluding tert-OH is 10. The van der Waals surface area contributed by atoms with Crippen molar-refractivity contribution < 1.29 is 90.3 Å². The van der Waals surface area contributed by atoms with Crippen molar-refractivity contribution in [2.24, 2.45) is 9.98 Å². The predicted octanol–water partition coefficient (Wildman–Crippen LogP) is -4.85. The van der Waals surface area contributed by atoms with Gasteiger partial charge in [-0.1, -0.05) is 36.4 Å². The second kappa shape index (κ2) is 21.6. The molecule has 0 saturated carbocycles. The topological polar surface area (TPSA) is 307 Å². The number of aliphatic imine (C=N–C) groups is 2. The van der Waals surface area contributed by atoms with Gasteiger partial charge in [0.1, 0.15) is 36.6 Å². The van der Waals surface area contributed by atoms with Gasteiger partial charge in [-0.05, 0) is 12.1 Å². The number of aliphatic hydroxyl groups is 10. The molecule has 16 nitrogen and oxygen atoms in total. The summed E-state index contributed by atoms with van der Waals surface area (Å²) >= 11 is 0. The molecule has 17 heteroatoms. The van der Waals surface area contributed by atoms with Gasteiger partial charge in [0.2, 0.25) is 0 Å². The molecule has 0 heterocycles. The molecule has 0 amide bonds. The SMILES string of the molecule is O=C([O-])c1ccccc1N=CC[C@H](O)[C@@H](O)[C@H](O)[C@H](O)CO.O=C([O-])c1ccccc1N=CC[C@H](O)[C@@H](O)[C@H](O)[C@H](O)CO.[Zn+2]. The third-order valence-electron chi connectivity index (χ3n) is 6.05. The summed E-state index contributed by atoms with van der Waals surface area (Å²) in [5.74, 6) is -2.79. The summed E-state index contributed by atoms with van der Waals surface area (Å²) in [5.41, 5.74) is 0.00862. The number of aromatic carboxylic acids is 2. The van der Waals surface area contributed by atoms with Crippen LogP contribution in [-0.2, 0) is 19.5 Å². The molecule has 0 aliphatic carbocycles. The summed E-state index contributed by atoms with van der Waals surface area (Å²) in [6.45, 7) is -1.53. The first-order valence-corrected chi connectivity index (χ1v) is 13.1. The number of hydrogen-bond donors (Lipinski definition) is 10. The second-order valence-electron chi connectivity index (χ2n) is 9.30. The van der Waals surface area contributed by atoms with Gasteiger partial charge in [-0.2, -0.15) is 0 Å². The van der Waals surface area contributed by atoms with Crippen molar-refractivity contribution in [3.8, 4) is 0 Å². The standard InChI is InChI=1S/2C14H19NO7.Zn/c2*16-7-11(18)13(20)12(19)10(17)5-6-15-9-4-2-1-3-8(9)14(21)22;/h2*1-4,6,10-13,16-20H,5,7H2,(H,21,22);/q;;+2/p-2/t2*10-,11+,12+,13+;/m00./s1. The van der Waals surface area contributed by atoms with Crippen molar-refractivity contribution in [3.05, 3.63) is 59.7 Å². The molecule has 2 rings (SSSR count). The van der Waals surface area contributed by atoms with Crippen LogP contribution in [-0.4, -0.2) is 137 Å². The first kappa shape index (κ1) is 41.9. The number of rotatable bonds is 16. The molecule has 244 valence electrons. The number of carboxylic acids is 2. The molecule has 0 fully saturated rings. The Morgan fingerprint density at radius 2 is 0.867 bits per heavy atom. The van der Waals surface area contributed by atoms with E-state index in [1.807, 2.05) is 0 Å². The van der Waals surface area contributed by atoms with Gasteiger partial charge < -0.3 is 70.9 Å². The van der Waals surface area contributed by atoms with Crippen LogP contribution in [0.3, 0.4) is 0 Å². The fraction of sp³-hybridized carbons (Fsp3) is 0.429. The molecule has 2 aromatic carbocycles. The van der Waals surface area contributed by atoms with E-state index in [2.05, 4.69) is 9.98 Å². The zero-order valence-electron chi connectivity index (χ0n) is 23.9. The van der Waals surface area contributed by atoms with Crippen molar-refractivity contribution in [1.82, 2.24) is 0 Å². The van der Waals surface area contributed by atoms with Gasteiger partial charge in [-0.15, -0.1) is 0 Å². The monoisotopic (exact) mass is 688 g/mol. The fourth-order valence-electron chi connectivity index (χ4n) is 3.44. The molecule has 45 heavy (non-hydrogen) atoms. The normalized spacial score (nSPS) is 16.8. The number of carbonyl (C=O) groups is 2. The summed E-state index contributed by atoms with van der Waals surface area (Å²) in [6.07, 6.45) is -10.9. The second-order valence-corrected chi connectivity index (χ2v) is 9.30. The largest absolute Gasteiger partial charge is 2.00 e. The first-order chi connectivity index (χ1) is 20.8. The van der Waals surface area contributed by atoms with Crippen LogP contribution in [0.25, 0.3) is 0 Å². The number of hydrogen-bond acceptors (Lipinski definition) is 16. The van der Waals surface area contributed by atoms with Crippen LogP contribution in [0.5, 0.6) is 0 Å². The zero-order valence-corrected chi connectivity index (χ0v) is 26.9. The Kier molecular flexibility index (Phi) is 20.2. The third-order valence-corrected chi connectivity index (χ3v) is 6.05. The van der Waals surface area contributed by atoms with Crippen LogP contribution in [0.4, 0.5) is 11.4 Å².